The molecule has 0 aliphatic carbocycles. The number of halogens is 1. The highest BCUT2D eigenvalue weighted by Crippen LogP contribution is 2.31. The van der Waals surface area contributed by atoms with E-state index >= 15 is 0 Å². The molecule has 0 fully saturated rings. The van der Waals surface area contributed by atoms with E-state index < -0.39 is 10.0 Å². The highest BCUT2D eigenvalue weighted by molar-refractivity contribution is 7.89. The monoisotopic (exact) mass is 369 g/mol. The highest BCUT2D eigenvalue weighted by atomic mass is 35.5. The third-order valence-electron chi connectivity index (χ3n) is 3.68. The van der Waals surface area contributed by atoms with Gasteiger partial charge >= 0.3 is 0 Å². The van der Waals surface area contributed by atoms with Crippen LogP contribution in [0.5, 0.6) is 0 Å². The molecule has 1 aromatic carbocycles. The normalized spacial score (nSPS) is 13.2. The molecular formula is C15H20ClN5O2S. The summed E-state index contributed by atoms with van der Waals surface area (Å²) in [6.45, 7) is 5.69. The summed E-state index contributed by atoms with van der Waals surface area (Å²) in [5, 5.41) is 1.45. The molecule has 2 rings (SSSR count). The van der Waals surface area contributed by atoms with Gasteiger partial charge in [0, 0.05) is 23.0 Å². The molecule has 0 bridgehead atoms. The van der Waals surface area contributed by atoms with E-state index in [0.29, 0.717) is 15.8 Å². The Morgan fingerprint density at radius 1 is 1.25 bits per heavy atom. The molecule has 9 heteroatoms. The second-order valence-electron chi connectivity index (χ2n) is 5.83. The molecule has 2 aromatic rings. The third-order valence-corrected chi connectivity index (χ3v) is 5.53. The molecule has 0 saturated heterocycles. The second-order valence-corrected chi connectivity index (χ2v) is 7.95. The molecule has 7 nitrogen and oxygen atoms in total. The van der Waals surface area contributed by atoms with E-state index in [-0.39, 0.29) is 28.6 Å². The molecule has 1 aromatic heterocycles. The molecule has 0 amide bonds. The number of aliphatic imine (C=N–C) groups is 1. The number of hydrogen-bond donors (Lipinski definition) is 3. The van der Waals surface area contributed by atoms with Gasteiger partial charge in [-0.3, -0.25) is 0 Å². The zero-order valence-electron chi connectivity index (χ0n) is 13.6. The van der Waals surface area contributed by atoms with Crippen LogP contribution in [-0.4, -0.2) is 25.4 Å². The van der Waals surface area contributed by atoms with Crippen LogP contribution in [0.1, 0.15) is 20.8 Å². The van der Waals surface area contributed by atoms with Crippen LogP contribution in [0.3, 0.4) is 0 Å². The van der Waals surface area contributed by atoms with Gasteiger partial charge in [0.1, 0.15) is 0 Å². The maximum absolute atomic E-state index is 12.6. The van der Waals surface area contributed by atoms with Gasteiger partial charge in [-0.15, -0.1) is 0 Å². The summed E-state index contributed by atoms with van der Waals surface area (Å²) in [7, 11) is -3.69. The molecular weight excluding hydrogens is 350 g/mol. The van der Waals surface area contributed by atoms with Crippen molar-refractivity contribution in [3.05, 3.63) is 29.4 Å². The lowest BCUT2D eigenvalue weighted by Gasteiger charge is -2.17. The number of nitrogens with one attached hydrogen (secondary N) is 1. The van der Waals surface area contributed by atoms with E-state index in [0.717, 1.165) is 0 Å². The maximum Gasteiger partial charge on any atom is 0.240 e. The first-order valence-electron chi connectivity index (χ1n) is 7.32. The molecule has 0 radical (unpaired) electrons. The SMILES string of the molecule is CC(C)[C@H](C)NS(=O)(=O)c1ccc2c(Cl)cnc(N=C(N)N)c2c1. The van der Waals surface area contributed by atoms with Crippen LogP contribution < -0.4 is 16.2 Å². The Morgan fingerprint density at radius 3 is 2.50 bits per heavy atom. The fourth-order valence-electron chi connectivity index (χ4n) is 2.00. The maximum atomic E-state index is 12.6. The molecule has 24 heavy (non-hydrogen) atoms. The van der Waals surface area contributed by atoms with Crippen molar-refractivity contribution in [2.45, 2.75) is 31.7 Å². The van der Waals surface area contributed by atoms with Crippen molar-refractivity contribution < 1.29 is 8.42 Å². The van der Waals surface area contributed by atoms with E-state index in [2.05, 4.69) is 14.7 Å². The lowest BCUT2D eigenvalue weighted by Crippen LogP contribution is -2.36. The van der Waals surface area contributed by atoms with Crippen molar-refractivity contribution in [2.24, 2.45) is 22.4 Å². The summed E-state index contributed by atoms with van der Waals surface area (Å²) in [5.41, 5.74) is 10.8. The first-order chi connectivity index (χ1) is 11.1. The van der Waals surface area contributed by atoms with Crippen LogP contribution in [0.25, 0.3) is 10.8 Å². The highest BCUT2D eigenvalue weighted by Gasteiger charge is 2.20. The van der Waals surface area contributed by atoms with Crippen LogP contribution in [0.15, 0.2) is 34.3 Å². The van der Waals surface area contributed by atoms with E-state index in [1.54, 1.807) is 6.07 Å². The standard InChI is InChI=1S/C15H20ClN5O2S/c1-8(2)9(3)21-24(22,23)10-4-5-11-12(6-10)14(20-15(17)18)19-7-13(11)16/h4-9,21H,1-3H3,(H4,17,18,19,20)/t9-/m0/s1. The predicted molar refractivity (Wildman–Crippen MR) is 96.8 cm³/mol. The molecule has 0 aliphatic rings. The number of pyridine rings is 1. The Labute approximate surface area is 146 Å². The summed E-state index contributed by atoms with van der Waals surface area (Å²) in [6, 6.07) is 4.36. The fourth-order valence-corrected chi connectivity index (χ4v) is 3.63. The number of nitrogens with zero attached hydrogens (tertiary/aromatic N) is 2. The van der Waals surface area contributed by atoms with Crippen LogP contribution in [-0.2, 0) is 10.0 Å². The Bertz CT molecular complexity index is 892. The quantitative estimate of drug-likeness (QED) is 0.550. The minimum Gasteiger partial charge on any atom is -0.370 e. The number of aromatic nitrogens is 1. The van der Waals surface area contributed by atoms with Crippen molar-refractivity contribution in [3.63, 3.8) is 0 Å². The Hall–Kier alpha value is -1.90. The summed E-state index contributed by atoms with van der Waals surface area (Å²) >= 11 is 6.12. The van der Waals surface area contributed by atoms with Gasteiger partial charge in [-0.05, 0) is 25.0 Å². The number of fused-ring (bicyclic) bond motifs is 1. The Kier molecular flexibility index (Phi) is 5.32. The summed E-state index contributed by atoms with van der Waals surface area (Å²) < 4.78 is 27.8. The topological polar surface area (TPSA) is 123 Å². The van der Waals surface area contributed by atoms with E-state index in [1.165, 1.54) is 18.3 Å². The van der Waals surface area contributed by atoms with Crippen LogP contribution in [0.4, 0.5) is 5.82 Å². The second kappa shape index (κ2) is 6.92. The first kappa shape index (κ1) is 18.4. The number of benzene rings is 1. The van der Waals surface area contributed by atoms with Crippen LogP contribution in [0.2, 0.25) is 5.02 Å². The lowest BCUT2D eigenvalue weighted by molar-refractivity contribution is 0.476. The number of nitrogens with two attached hydrogens (primary N) is 2. The Morgan fingerprint density at radius 2 is 1.92 bits per heavy atom. The van der Waals surface area contributed by atoms with Crippen molar-refractivity contribution in [3.8, 4) is 0 Å². The van der Waals surface area contributed by atoms with Gasteiger partial charge in [0.15, 0.2) is 11.8 Å². The molecule has 0 aliphatic heterocycles. The predicted octanol–water partition coefficient (Wildman–Crippen LogP) is 2.12. The summed E-state index contributed by atoms with van der Waals surface area (Å²) in [4.78, 5) is 8.09. The average Bonchev–Trinajstić information content (AvgIpc) is 2.49. The molecule has 1 heterocycles. The molecule has 130 valence electrons. The average molecular weight is 370 g/mol. The molecule has 0 saturated carbocycles. The molecule has 5 N–H and O–H groups in total. The molecule has 0 unspecified atom stereocenters. The molecule has 0 spiro atoms. The van der Waals surface area contributed by atoms with Crippen molar-refractivity contribution in [2.75, 3.05) is 0 Å². The summed E-state index contributed by atoms with van der Waals surface area (Å²) in [5.74, 6) is 0.197. The van der Waals surface area contributed by atoms with Gasteiger partial charge in [0.25, 0.3) is 0 Å². The van der Waals surface area contributed by atoms with Gasteiger partial charge in [-0.1, -0.05) is 31.5 Å². The van der Waals surface area contributed by atoms with Gasteiger partial charge in [-0.25, -0.2) is 18.1 Å². The largest absolute Gasteiger partial charge is 0.370 e. The van der Waals surface area contributed by atoms with Crippen LogP contribution in [0, 0.1) is 5.92 Å². The van der Waals surface area contributed by atoms with Crippen molar-refractivity contribution in [1.29, 1.82) is 0 Å². The van der Waals surface area contributed by atoms with Crippen LogP contribution >= 0.6 is 11.6 Å². The Balaban J connectivity index is 2.60. The number of sulfonamides is 1. The van der Waals surface area contributed by atoms with E-state index in [9.17, 15) is 8.42 Å². The number of hydrogen-bond acceptors (Lipinski definition) is 4. The smallest absolute Gasteiger partial charge is 0.240 e. The fraction of sp³-hybridized carbons (Fsp3) is 0.333. The molecule has 1 atom stereocenters. The zero-order valence-corrected chi connectivity index (χ0v) is 15.2. The minimum atomic E-state index is -3.69. The summed E-state index contributed by atoms with van der Waals surface area (Å²) in [6.07, 6.45) is 1.42. The zero-order chi connectivity index (χ0) is 18.1. The lowest BCUT2D eigenvalue weighted by atomic mass is 10.1. The number of rotatable bonds is 5. The third kappa shape index (κ3) is 3.95. The van der Waals surface area contributed by atoms with Gasteiger partial charge in [0.05, 0.1) is 9.92 Å². The van der Waals surface area contributed by atoms with Crippen molar-refractivity contribution in [1.82, 2.24) is 9.71 Å². The van der Waals surface area contributed by atoms with E-state index in [4.69, 9.17) is 23.1 Å². The minimum absolute atomic E-state index is 0.0959. The van der Waals surface area contributed by atoms with Gasteiger partial charge < -0.3 is 11.5 Å². The van der Waals surface area contributed by atoms with Gasteiger partial charge in [-0.2, -0.15) is 4.99 Å². The van der Waals surface area contributed by atoms with Gasteiger partial charge in [0.2, 0.25) is 10.0 Å². The van der Waals surface area contributed by atoms with Crippen molar-refractivity contribution >= 4 is 44.2 Å². The first-order valence-corrected chi connectivity index (χ1v) is 9.18. The number of guanidine groups is 1. The van der Waals surface area contributed by atoms with E-state index in [1.807, 2.05) is 20.8 Å².